The highest BCUT2D eigenvalue weighted by molar-refractivity contribution is 5.96. The summed E-state index contributed by atoms with van der Waals surface area (Å²) in [5.41, 5.74) is 1.91. The zero-order valence-electron chi connectivity index (χ0n) is 17.6. The zero-order valence-corrected chi connectivity index (χ0v) is 17.6. The predicted octanol–water partition coefficient (Wildman–Crippen LogP) is 2.90. The van der Waals surface area contributed by atoms with Crippen LogP contribution in [0.3, 0.4) is 0 Å². The van der Waals surface area contributed by atoms with Crippen LogP contribution in [0.25, 0.3) is 5.69 Å². The lowest BCUT2D eigenvalue weighted by Crippen LogP contribution is -2.43. The van der Waals surface area contributed by atoms with Gasteiger partial charge in [-0.3, -0.25) is 19.0 Å². The molecule has 1 saturated carbocycles. The second kappa shape index (κ2) is 7.62. The monoisotopic (exact) mass is 423 g/mol. The number of carbonyl (C=O) groups is 2. The molecule has 1 aromatic heterocycles. The third-order valence-corrected chi connectivity index (χ3v) is 7.08. The van der Waals surface area contributed by atoms with E-state index in [1.54, 1.807) is 11.1 Å². The molecular weight excluding hydrogens is 397 g/mol. The highest BCUT2D eigenvalue weighted by Gasteiger charge is 2.40. The van der Waals surface area contributed by atoms with Crippen molar-refractivity contribution in [2.24, 2.45) is 5.92 Å². The summed E-state index contributed by atoms with van der Waals surface area (Å²) in [5.74, 6) is -0.0947. The van der Waals surface area contributed by atoms with E-state index in [1.807, 2.05) is 4.90 Å². The number of aromatic nitrogens is 1. The number of halogens is 1. The molecule has 3 heterocycles. The summed E-state index contributed by atoms with van der Waals surface area (Å²) in [5, 5.41) is 0. The number of nitrogens with zero attached hydrogens (tertiary/aromatic N) is 3. The molecule has 3 aliphatic rings. The maximum atomic E-state index is 13.7. The first-order chi connectivity index (χ1) is 14.9. The van der Waals surface area contributed by atoms with Crippen LogP contribution in [0, 0.1) is 11.7 Å². The van der Waals surface area contributed by atoms with Gasteiger partial charge in [0.1, 0.15) is 11.4 Å². The Morgan fingerprint density at radius 2 is 1.90 bits per heavy atom. The summed E-state index contributed by atoms with van der Waals surface area (Å²) in [6, 6.07) is 5.87. The van der Waals surface area contributed by atoms with Crippen molar-refractivity contribution in [2.75, 3.05) is 13.1 Å². The average molecular weight is 423 g/mol. The van der Waals surface area contributed by atoms with E-state index in [9.17, 15) is 18.8 Å². The first kappa shape index (κ1) is 20.0. The van der Waals surface area contributed by atoms with Crippen LogP contribution in [0.5, 0.6) is 0 Å². The van der Waals surface area contributed by atoms with Gasteiger partial charge in [-0.15, -0.1) is 0 Å². The molecule has 1 aliphatic carbocycles. The molecule has 0 radical (unpaired) electrons. The molecule has 0 N–H and O–H groups in total. The minimum Gasteiger partial charge on any atom is -0.338 e. The number of fused-ring (bicyclic) bond motifs is 3. The molecule has 0 spiro atoms. The van der Waals surface area contributed by atoms with Gasteiger partial charge in [0, 0.05) is 44.5 Å². The molecule has 31 heavy (non-hydrogen) atoms. The molecule has 2 fully saturated rings. The van der Waals surface area contributed by atoms with Crippen molar-refractivity contribution in [3.05, 3.63) is 63.3 Å². The standard InChI is InChI=1S/C24H26FN3O3/c1-15(29)26-10-9-21-17(13-26)14-28(19-7-5-18(25)6-8-19)24(31)22(21)23(30)27-12-16-3-2-4-20(27)11-16/h5-8,14,16,20H,2-4,9-13H2,1H3/t16-,20+/m1/s1. The Kier molecular flexibility index (Phi) is 4.91. The van der Waals surface area contributed by atoms with Crippen LogP contribution in [0.2, 0.25) is 0 Å². The largest absolute Gasteiger partial charge is 0.338 e. The summed E-state index contributed by atoms with van der Waals surface area (Å²) in [6.45, 7) is 3.09. The molecule has 2 atom stereocenters. The lowest BCUT2D eigenvalue weighted by atomic mass is 9.90. The van der Waals surface area contributed by atoms with Crippen molar-refractivity contribution in [1.82, 2.24) is 14.4 Å². The molecule has 162 valence electrons. The Bertz CT molecular complexity index is 1110. The van der Waals surface area contributed by atoms with Crippen LogP contribution in [0.1, 0.15) is 54.1 Å². The van der Waals surface area contributed by atoms with Gasteiger partial charge in [0.25, 0.3) is 11.5 Å². The second-order valence-electron chi connectivity index (χ2n) is 8.99. The Morgan fingerprint density at radius 1 is 1.13 bits per heavy atom. The van der Waals surface area contributed by atoms with Crippen molar-refractivity contribution in [1.29, 1.82) is 0 Å². The zero-order chi connectivity index (χ0) is 21.7. The van der Waals surface area contributed by atoms with Gasteiger partial charge in [-0.2, -0.15) is 0 Å². The van der Waals surface area contributed by atoms with Crippen LogP contribution in [-0.2, 0) is 17.8 Å². The van der Waals surface area contributed by atoms with Gasteiger partial charge in [0.15, 0.2) is 0 Å². The van der Waals surface area contributed by atoms with Gasteiger partial charge >= 0.3 is 0 Å². The van der Waals surface area contributed by atoms with Crippen LogP contribution in [0.4, 0.5) is 4.39 Å². The third-order valence-electron chi connectivity index (χ3n) is 7.08. The normalized spacial score (nSPS) is 22.4. The fourth-order valence-electron chi connectivity index (χ4n) is 5.47. The number of carbonyl (C=O) groups excluding carboxylic acids is 2. The summed E-state index contributed by atoms with van der Waals surface area (Å²) >= 11 is 0. The Labute approximate surface area is 180 Å². The van der Waals surface area contributed by atoms with Crippen molar-refractivity contribution in [3.63, 3.8) is 0 Å². The van der Waals surface area contributed by atoms with Crippen molar-refractivity contribution >= 4 is 11.8 Å². The summed E-state index contributed by atoms with van der Waals surface area (Å²) in [7, 11) is 0. The smallest absolute Gasteiger partial charge is 0.268 e. The first-order valence-corrected chi connectivity index (χ1v) is 11.0. The molecule has 1 saturated heterocycles. The van der Waals surface area contributed by atoms with Gasteiger partial charge in [-0.25, -0.2) is 4.39 Å². The molecule has 0 unspecified atom stereocenters. The van der Waals surface area contributed by atoms with E-state index in [1.165, 1.54) is 35.8 Å². The minimum atomic E-state index is -0.391. The van der Waals surface area contributed by atoms with Gasteiger partial charge in [-0.1, -0.05) is 6.42 Å². The number of likely N-dealkylation sites (tertiary alicyclic amines) is 1. The van der Waals surface area contributed by atoms with E-state index < -0.39 is 5.82 Å². The maximum Gasteiger partial charge on any atom is 0.268 e. The fraction of sp³-hybridized carbons (Fsp3) is 0.458. The Morgan fingerprint density at radius 3 is 2.61 bits per heavy atom. The van der Waals surface area contributed by atoms with Crippen LogP contribution in [0.15, 0.2) is 35.3 Å². The molecule has 1 aromatic carbocycles. The van der Waals surface area contributed by atoms with Crippen LogP contribution in [-0.4, -0.2) is 45.3 Å². The SMILES string of the molecule is CC(=O)N1CCc2c(cn(-c3ccc(F)cc3)c(=O)c2C(=O)N2C[C@@H]3CCC[C@H]2C3)C1. The van der Waals surface area contributed by atoms with Gasteiger partial charge in [0.2, 0.25) is 5.91 Å². The number of pyridine rings is 1. The van der Waals surface area contributed by atoms with Crippen LogP contribution < -0.4 is 5.56 Å². The summed E-state index contributed by atoms with van der Waals surface area (Å²) < 4.78 is 14.9. The topological polar surface area (TPSA) is 62.6 Å². The minimum absolute atomic E-state index is 0.0357. The summed E-state index contributed by atoms with van der Waals surface area (Å²) in [4.78, 5) is 42.9. The Balaban J connectivity index is 1.64. The fourth-order valence-corrected chi connectivity index (χ4v) is 5.47. The lowest BCUT2D eigenvalue weighted by molar-refractivity contribution is -0.129. The summed E-state index contributed by atoms with van der Waals surface area (Å²) in [6.07, 6.45) is 6.46. The molecule has 7 heteroatoms. The van der Waals surface area contributed by atoms with Gasteiger partial charge < -0.3 is 9.80 Å². The molecule has 5 rings (SSSR count). The third kappa shape index (κ3) is 3.46. The van der Waals surface area contributed by atoms with Crippen molar-refractivity contribution in [3.8, 4) is 5.69 Å². The lowest BCUT2D eigenvalue weighted by Gasteiger charge is -2.31. The molecule has 2 amide bonds. The Hall–Kier alpha value is -2.96. The molecule has 2 aromatic rings. The van der Waals surface area contributed by atoms with E-state index in [0.29, 0.717) is 37.7 Å². The molecular formula is C24H26FN3O3. The molecule has 2 aliphatic heterocycles. The van der Waals surface area contributed by atoms with E-state index >= 15 is 0 Å². The highest BCUT2D eigenvalue weighted by atomic mass is 19.1. The number of hydrogen-bond donors (Lipinski definition) is 0. The van der Waals surface area contributed by atoms with Crippen LogP contribution >= 0.6 is 0 Å². The number of hydrogen-bond acceptors (Lipinski definition) is 3. The van der Waals surface area contributed by atoms with Gasteiger partial charge in [-0.05, 0) is 67.0 Å². The van der Waals surface area contributed by atoms with E-state index in [4.69, 9.17) is 0 Å². The number of amides is 2. The average Bonchev–Trinajstić information content (AvgIpc) is 3.06. The maximum absolute atomic E-state index is 13.7. The quantitative estimate of drug-likeness (QED) is 0.746. The van der Waals surface area contributed by atoms with Gasteiger partial charge in [0.05, 0.1) is 0 Å². The van der Waals surface area contributed by atoms with E-state index in [2.05, 4.69) is 0 Å². The highest BCUT2D eigenvalue weighted by Crippen LogP contribution is 2.36. The van der Waals surface area contributed by atoms with Crippen molar-refractivity contribution < 1.29 is 14.0 Å². The van der Waals surface area contributed by atoms with E-state index in [-0.39, 0.29) is 29.0 Å². The first-order valence-electron chi connectivity index (χ1n) is 11.0. The predicted molar refractivity (Wildman–Crippen MR) is 114 cm³/mol. The number of rotatable bonds is 2. The van der Waals surface area contributed by atoms with E-state index in [0.717, 1.165) is 36.8 Å². The number of benzene rings is 1. The van der Waals surface area contributed by atoms with Crippen molar-refractivity contribution in [2.45, 2.75) is 51.6 Å². The molecule has 6 nitrogen and oxygen atoms in total. The molecule has 2 bridgehead atoms. The second-order valence-corrected chi connectivity index (χ2v) is 8.99.